The molecule has 4 amide bonds. The average Bonchev–Trinajstić information content (AvgIpc) is 3.23. The van der Waals surface area contributed by atoms with E-state index in [1.165, 1.54) is 11.8 Å². The molecule has 1 aromatic heterocycles. The summed E-state index contributed by atoms with van der Waals surface area (Å²) < 4.78 is 5.73. The summed E-state index contributed by atoms with van der Waals surface area (Å²) in [4.78, 5) is 64.6. The van der Waals surface area contributed by atoms with Gasteiger partial charge in [-0.3, -0.25) is 24.5 Å². The molecule has 0 bridgehead atoms. The zero-order valence-corrected chi connectivity index (χ0v) is 32.8. The van der Waals surface area contributed by atoms with E-state index in [-0.39, 0.29) is 41.1 Å². The van der Waals surface area contributed by atoms with Crippen molar-refractivity contribution >= 4 is 69.7 Å². The summed E-state index contributed by atoms with van der Waals surface area (Å²) in [7, 11) is 3.15. The summed E-state index contributed by atoms with van der Waals surface area (Å²) in [5.41, 5.74) is 4.66. The first kappa shape index (κ1) is 39.3. The van der Waals surface area contributed by atoms with Crippen LogP contribution in [-0.4, -0.2) is 109 Å². The molecule has 3 saturated heterocycles. The molecule has 7 rings (SSSR count). The van der Waals surface area contributed by atoms with Crippen LogP contribution in [-0.2, 0) is 14.4 Å². The molecule has 0 saturated carbocycles. The van der Waals surface area contributed by atoms with Crippen LogP contribution < -0.4 is 36.2 Å². The van der Waals surface area contributed by atoms with E-state index in [1.54, 1.807) is 32.4 Å². The Kier molecular flexibility index (Phi) is 12.3. The van der Waals surface area contributed by atoms with Gasteiger partial charge in [0.15, 0.2) is 5.82 Å². The molecular formula is C41H47ClN10O5. The van der Waals surface area contributed by atoms with Crippen molar-refractivity contribution in [1.29, 1.82) is 0 Å². The lowest BCUT2D eigenvalue weighted by Gasteiger charge is -2.38. The van der Waals surface area contributed by atoms with Gasteiger partial charge in [0.2, 0.25) is 23.7 Å². The van der Waals surface area contributed by atoms with Gasteiger partial charge in [-0.05, 0) is 80.2 Å². The first-order valence-electron chi connectivity index (χ1n) is 19.2. The predicted octanol–water partition coefficient (Wildman–Crippen LogP) is 4.73. The van der Waals surface area contributed by atoms with Gasteiger partial charge in [-0.1, -0.05) is 35.9 Å². The fourth-order valence-electron chi connectivity index (χ4n) is 7.47. The van der Waals surface area contributed by atoms with Gasteiger partial charge in [-0.15, -0.1) is 0 Å². The number of amides is 4. The maximum absolute atomic E-state index is 13.3. The molecule has 3 aliphatic heterocycles. The molecule has 57 heavy (non-hydrogen) atoms. The molecule has 3 fully saturated rings. The number of carbonyl (C=O) groups is 4. The lowest BCUT2D eigenvalue weighted by Crippen LogP contribution is -2.52. The van der Waals surface area contributed by atoms with E-state index in [4.69, 9.17) is 16.3 Å². The van der Waals surface area contributed by atoms with E-state index in [2.05, 4.69) is 58.5 Å². The highest BCUT2D eigenvalue weighted by Gasteiger charge is 2.28. The number of halogens is 1. The Balaban J connectivity index is 0.879. The van der Waals surface area contributed by atoms with Crippen LogP contribution in [0.4, 0.5) is 34.5 Å². The minimum atomic E-state index is -0.393. The van der Waals surface area contributed by atoms with Crippen LogP contribution in [0.1, 0.15) is 47.5 Å². The first-order chi connectivity index (χ1) is 27.7. The number of para-hydroxylation sites is 1. The Bertz CT molecular complexity index is 2110. The molecule has 0 spiro atoms. The number of methoxy groups -OCH3 is 1. The maximum Gasteiger partial charge on any atom is 0.253 e. The van der Waals surface area contributed by atoms with Gasteiger partial charge in [0.05, 0.1) is 36.8 Å². The van der Waals surface area contributed by atoms with Crippen molar-refractivity contribution in [3.05, 3.63) is 89.1 Å². The molecule has 15 nitrogen and oxygen atoms in total. The number of nitrogens with zero attached hydrogens (tertiary/aromatic N) is 5. The van der Waals surface area contributed by atoms with Crippen LogP contribution >= 0.6 is 11.6 Å². The molecule has 4 heterocycles. The molecule has 3 aromatic carbocycles. The van der Waals surface area contributed by atoms with Crippen molar-refractivity contribution in [2.45, 2.75) is 37.6 Å². The molecule has 0 aliphatic carbocycles. The van der Waals surface area contributed by atoms with Crippen LogP contribution in [0, 0.1) is 0 Å². The normalized spacial score (nSPS) is 17.9. The largest absolute Gasteiger partial charge is 0.494 e. The monoisotopic (exact) mass is 794 g/mol. The van der Waals surface area contributed by atoms with Gasteiger partial charge in [-0.2, -0.15) is 4.98 Å². The fourth-order valence-corrected chi connectivity index (χ4v) is 7.61. The lowest BCUT2D eigenvalue weighted by molar-refractivity contribution is -0.134. The Hall–Kier alpha value is -5.93. The Labute approximate surface area is 336 Å². The predicted molar refractivity (Wildman–Crippen MR) is 220 cm³/mol. The summed E-state index contributed by atoms with van der Waals surface area (Å²) in [6.45, 7) is 5.09. The number of piperidine rings is 2. The van der Waals surface area contributed by atoms with Crippen LogP contribution in [0.2, 0.25) is 5.02 Å². The van der Waals surface area contributed by atoms with Crippen LogP contribution in [0.3, 0.4) is 0 Å². The van der Waals surface area contributed by atoms with Crippen molar-refractivity contribution in [3.63, 3.8) is 0 Å². The third kappa shape index (κ3) is 9.55. The zero-order chi connectivity index (χ0) is 39.9. The second-order valence-corrected chi connectivity index (χ2v) is 14.7. The summed E-state index contributed by atoms with van der Waals surface area (Å²) in [5.74, 6) is 0.983. The van der Waals surface area contributed by atoms with Crippen LogP contribution in [0.15, 0.2) is 72.9 Å². The van der Waals surface area contributed by atoms with Gasteiger partial charge in [0.1, 0.15) is 16.8 Å². The lowest BCUT2D eigenvalue weighted by atomic mass is 9.89. The second-order valence-electron chi connectivity index (χ2n) is 14.3. The molecular weight excluding hydrogens is 748 g/mol. The van der Waals surface area contributed by atoms with E-state index < -0.39 is 6.04 Å². The zero-order valence-electron chi connectivity index (χ0n) is 32.0. The highest BCUT2D eigenvalue weighted by molar-refractivity contribution is 6.33. The topological polar surface area (TPSA) is 173 Å². The smallest absolute Gasteiger partial charge is 0.253 e. The second kappa shape index (κ2) is 17.9. The number of anilines is 6. The van der Waals surface area contributed by atoms with Gasteiger partial charge in [-0.25, -0.2) is 4.98 Å². The molecule has 16 heteroatoms. The number of hydrogen-bond donors (Lipinski definition) is 5. The number of nitrogens with one attached hydrogen (secondary N) is 5. The van der Waals surface area contributed by atoms with E-state index in [0.29, 0.717) is 66.9 Å². The molecule has 0 radical (unpaired) electrons. The highest BCUT2D eigenvalue weighted by Crippen LogP contribution is 2.34. The van der Waals surface area contributed by atoms with Gasteiger partial charge in [0.25, 0.3) is 5.91 Å². The van der Waals surface area contributed by atoms with Crippen molar-refractivity contribution < 1.29 is 23.9 Å². The fraction of sp³-hybridized carbons (Fsp3) is 0.366. The van der Waals surface area contributed by atoms with Crippen molar-refractivity contribution in [2.75, 3.05) is 80.8 Å². The number of rotatable bonds is 13. The van der Waals surface area contributed by atoms with Gasteiger partial charge < -0.3 is 40.7 Å². The third-order valence-corrected chi connectivity index (χ3v) is 11.0. The number of aromatic nitrogens is 2. The molecule has 1 unspecified atom stereocenters. The summed E-state index contributed by atoms with van der Waals surface area (Å²) in [6, 6.07) is 20.7. The number of carbonyl (C=O) groups excluding carboxylic acids is 4. The van der Waals surface area contributed by atoms with E-state index in [0.717, 1.165) is 43.9 Å². The van der Waals surface area contributed by atoms with Crippen LogP contribution in [0.5, 0.6) is 5.75 Å². The summed E-state index contributed by atoms with van der Waals surface area (Å²) >= 11 is 6.42. The summed E-state index contributed by atoms with van der Waals surface area (Å²) in [5, 5.41) is 14.9. The average molecular weight is 795 g/mol. The number of piperazine rings is 1. The molecule has 4 aromatic rings. The van der Waals surface area contributed by atoms with Crippen molar-refractivity contribution in [1.82, 2.24) is 30.4 Å². The first-order valence-corrected chi connectivity index (χ1v) is 19.6. The Morgan fingerprint density at radius 3 is 2.46 bits per heavy atom. The SMILES string of the molecule is CNC(=O)c1ccccc1Nc1nc(Nc2ccc(N3CCN(CCN4CCC(c5ccc(NC6CCC(=O)NC6=O)cc5)CC4)C(=O)C3)cc2OC)ncc1Cl. The van der Waals surface area contributed by atoms with E-state index in [9.17, 15) is 19.2 Å². The molecule has 3 aliphatic rings. The summed E-state index contributed by atoms with van der Waals surface area (Å²) in [6.07, 6.45) is 4.41. The van der Waals surface area contributed by atoms with Gasteiger partial charge >= 0.3 is 0 Å². The molecule has 1 atom stereocenters. The Morgan fingerprint density at radius 2 is 1.72 bits per heavy atom. The minimum absolute atomic E-state index is 0.0934. The molecule has 5 N–H and O–H groups in total. The number of benzene rings is 3. The van der Waals surface area contributed by atoms with Gasteiger partial charge in [0, 0.05) is 57.1 Å². The standard InChI is InChI=1S/C41H47ClN10O5/c1-43-39(55)30-5-3-4-6-32(30)46-38-31(42)24-44-41(49-38)47-33-12-11-29(23-35(33)57-2)52-22-21-51(37(54)25-52)20-19-50-17-15-27(16-18-50)26-7-9-28(10-8-26)45-34-13-14-36(53)48-40(34)56/h3-12,23-24,27,34,45H,13-22,25H2,1-2H3,(H,43,55)(H,48,53,56)(H2,44,46,47,49). The Morgan fingerprint density at radius 1 is 0.930 bits per heavy atom. The maximum atomic E-state index is 13.3. The third-order valence-electron chi connectivity index (χ3n) is 10.7. The number of likely N-dealkylation sites (tertiary alicyclic amines) is 1. The van der Waals surface area contributed by atoms with Crippen molar-refractivity contribution in [2.24, 2.45) is 0 Å². The minimum Gasteiger partial charge on any atom is -0.494 e. The van der Waals surface area contributed by atoms with E-state index in [1.807, 2.05) is 41.3 Å². The number of ether oxygens (including phenoxy) is 1. The molecule has 298 valence electrons. The van der Waals surface area contributed by atoms with Crippen LogP contribution in [0.25, 0.3) is 0 Å². The number of imide groups is 1. The van der Waals surface area contributed by atoms with Crippen molar-refractivity contribution in [3.8, 4) is 5.75 Å². The van der Waals surface area contributed by atoms with E-state index >= 15 is 0 Å². The highest BCUT2D eigenvalue weighted by atomic mass is 35.5. The quantitative estimate of drug-likeness (QED) is 0.118. The number of hydrogen-bond acceptors (Lipinski definition) is 12.